The summed E-state index contributed by atoms with van der Waals surface area (Å²) < 4.78 is 0. The molecule has 8 heavy (non-hydrogen) atoms. The van der Waals surface area contributed by atoms with Crippen molar-refractivity contribution in [1.82, 2.24) is 4.98 Å². The van der Waals surface area contributed by atoms with E-state index in [4.69, 9.17) is 0 Å². The van der Waals surface area contributed by atoms with Gasteiger partial charge in [-0.15, -0.1) is 0 Å². The third-order valence-corrected chi connectivity index (χ3v) is 1.78. The topological polar surface area (TPSA) is 12.0 Å². The van der Waals surface area contributed by atoms with Crippen LogP contribution in [0, 0.1) is 5.92 Å². The van der Waals surface area contributed by atoms with Crippen LogP contribution in [0.1, 0.15) is 13.8 Å². The maximum atomic E-state index is 3.45. The number of rotatable bonds is 3. The van der Waals surface area contributed by atoms with E-state index in [0.717, 1.165) is 5.92 Å². The average molecular weight is 130 g/mol. The van der Waals surface area contributed by atoms with Gasteiger partial charge in [0.15, 0.2) is 0 Å². The molecule has 0 saturated carbocycles. The maximum Gasteiger partial charge on any atom is 0.126 e. The molecular weight excluding hydrogens is 114 g/mol. The Bertz CT molecular complexity index is 44.5. The lowest BCUT2D eigenvalue weighted by Gasteiger charge is -2.07. The second kappa shape index (κ2) is 4.10. The molecule has 0 spiro atoms. The fraction of sp³-hybridized carbons (Fsp3) is 1.00. The molecule has 2 heteroatoms. The highest BCUT2D eigenvalue weighted by Gasteiger charge is 1.95. The Morgan fingerprint density at radius 3 is 2.00 bits per heavy atom. The summed E-state index contributed by atoms with van der Waals surface area (Å²) in [5, 5.41) is 0. The van der Waals surface area contributed by atoms with Gasteiger partial charge in [-0.1, -0.05) is 26.9 Å². The normalized spacial score (nSPS) is 11.2. The minimum Gasteiger partial charge on any atom is -0.338 e. The summed E-state index contributed by atoms with van der Waals surface area (Å²) in [7, 11) is -0.180. The van der Waals surface area contributed by atoms with Crippen molar-refractivity contribution in [3.05, 3.63) is 0 Å². The molecule has 0 atom stereocenters. The van der Waals surface area contributed by atoms with E-state index in [1.807, 2.05) is 0 Å². The lowest BCUT2D eigenvalue weighted by molar-refractivity contribution is 0.630. The van der Waals surface area contributed by atoms with Crippen LogP contribution in [0.25, 0.3) is 0 Å². The van der Waals surface area contributed by atoms with E-state index < -0.39 is 0 Å². The Hall–Kier alpha value is 0.177. The van der Waals surface area contributed by atoms with Gasteiger partial charge >= 0.3 is 0 Å². The van der Waals surface area contributed by atoms with Crippen molar-refractivity contribution in [1.29, 1.82) is 0 Å². The van der Waals surface area contributed by atoms with E-state index in [9.17, 15) is 0 Å². The number of hydrogen-bond acceptors (Lipinski definition) is 1. The minimum atomic E-state index is -0.180. The fourth-order valence-corrected chi connectivity index (χ4v) is 1.22. The molecule has 0 aromatic rings. The quantitative estimate of drug-likeness (QED) is 0.571. The highest BCUT2D eigenvalue weighted by atomic mass is 28.3. The van der Waals surface area contributed by atoms with Crippen molar-refractivity contribution < 1.29 is 0 Å². The summed E-state index contributed by atoms with van der Waals surface area (Å²) in [5.41, 5.74) is 0. The minimum absolute atomic E-state index is 0.180. The monoisotopic (exact) mass is 130 g/mol. The molecule has 0 aliphatic carbocycles. The first-order valence-corrected chi connectivity index (χ1v) is 5.67. The van der Waals surface area contributed by atoms with Crippen LogP contribution in [0.5, 0.6) is 0 Å². The summed E-state index contributed by atoms with van der Waals surface area (Å²) >= 11 is 0. The molecule has 0 aliphatic heterocycles. The third kappa shape index (κ3) is 6.18. The second-order valence-corrected chi connectivity index (χ2v) is 5.13. The van der Waals surface area contributed by atoms with E-state index in [2.05, 4.69) is 31.9 Å². The summed E-state index contributed by atoms with van der Waals surface area (Å²) in [6.45, 7) is 10.2. The van der Waals surface area contributed by atoms with Crippen molar-refractivity contribution in [2.75, 3.05) is 6.54 Å². The molecule has 0 amide bonds. The molecule has 0 unspecified atom stereocenters. The van der Waals surface area contributed by atoms with Crippen LogP contribution in [-0.2, 0) is 0 Å². The molecule has 1 nitrogen and oxygen atoms in total. The lowest BCUT2D eigenvalue weighted by Crippen LogP contribution is -2.30. The Morgan fingerprint density at radius 2 is 1.88 bits per heavy atom. The standard InChI is InChI=1S/C6H16NSi/c1-6(2)5-7-8(3)4/h6-7H,5H2,1-4H3. The van der Waals surface area contributed by atoms with Gasteiger partial charge in [0.05, 0.1) is 0 Å². The fourth-order valence-electron chi connectivity index (χ4n) is 0.408. The smallest absolute Gasteiger partial charge is 0.126 e. The van der Waals surface area contributed by atoms with Crippen LogP contribution in [0.3, 0.4) is 0 Å². The zero-order chi connectivity index (χ0) is 6.57. The molecular formula is C6H16NSi. The predicted molar refractivity (Wildman–Crippen MR) is 40.3 cm³/mol. The highest BCUT2D eigenvalue weighted by Crippen LogP contribution is 1.86. The molecule has 0 bridgehead atoms. The zero-order valence-electron chi connectivity index (χ0n) is 6.28. The van der Waals surface area contributed by atoms with E-state index >= 15 is 0 Å². The van der Waals surface area contributed by atoms with Crippen LogP contribution in [0.2, 0.25) is 13.1 Å². The highest BCUT2D eigenvalue weighted by molar-refractivity contribution is 6.52. The first kappa shape index (κ1) is 8.18. The van der Waals surface area contributed by atoms with Crippen molar-refractivity contribution in [3.63, 3.8) is 0 Å². The van der Waals surface area contributed by atoms with E-state index in [1.165, 1.54) is 6.54 Å². The molecule has 1 radical (unpaired) electrons. The van der Waals surface area contributed by atoms with Crippen LogP contribution in [0.15, 0.2) is 0 Å². The van der Waals surface area contributed by atoms with Gasteiger partial charge in [-0.25, -0.2) is 0 Å². The average Bonchev–Trinajstić information content (AvgIpc) is 1.61. The van der Waals surface area contributed by atoms with Gasteiger partial charge in [-0.3, -0.25) is 0 Å². The predicted octanol–water partition coefficient (Wildman–Crippen LogP) is 1.48. The van der Waals surface area contributed by atoms with Gasteiger partial charge in [0.2, 0.25) is 0 Å². The van der Waals surface area contributed by atoms with Gasteiger partial charge in [-0.05, 0) is 12.5 Å². The van der Waals surface area contributed by atoms with Crippen LogP contribution in [-0.4, -0.2) is 15.5 Å². The number of hydrogen-bond donors (Lipinski definition) is 1. The second-order valence-electron chi connectivity index (χ2n) is 2.77. The van der Waals surface area contributed by atoms with Crippen LogP contribution >= 0.6 is 0 Å². The molecule has 0 aromatic heterocycles. The van der Waals surface area contributed by atoms with Gasteiger partial charge in [0.25, 0.3) is 0 Å². The van der Waals surface area contributed by atoms with E-state index in [0.29, 0.717) is 0 Å². The van der Waals surface area contributed by atoms with Gasteiger partial charge in [0, 0.05) is 0 Å². The van der Waals surface area contributed by atoms with E-state index in [1.54, 1.807) is 0 Å². The Labute approximate surface area is 54.2 Å². The van der Waals surface area contributed by atoms with Gasteiger partial charge in [-0.2, -0.15) is 0 Å². The van der Waals surface area contributed by atoms with Crippen LogP contribution in [0.4, 0.5) is 0 Å². The lowest BCUT2D eigenvalue weighted by atomic mass is 10.2. The molecule has 49 valence electrons. The SMILES string of the molecule is CC(C)CN[Si](C)C. The van der Waals surface area contributed by atoms with Crippen LogP contribution < -0.4 is 4.98 Å². The molecule has 0 aliphatic rings. The first-order valence-electron chi connectivity index (χ1n) is 3.17. The summed E-state index contributed by atoms with van der Waals surface area (Å²) in [4.78, 5) is 3.45. The molecule has 1 N–H and O–H groups in total. The molecule has 0 rings (SSSR count). The Balaban J connectivity index is 2.93. The first-order chi connectivity index (χ1) is 3.63. The Morgan fingerprint density at radius 1 is 1.38 bits per heavy atom. The molecule has 0 fully saturated rings. The van der Waals surface area contributed by atoms with Crippen molar-refractivity contribution >= 4 is 8.96 Å². The van der Waals surface area contributed by atoms with Gasteiger partial charge in [0.1, 0.15) is 8.96 Å². The summed E-state index contributed by atoms with van der Waals surface area (Å²) in [6.07, 6.45) is 0. The summed E-state index contributed by atoms with van der Waals surface area (Å²) in [6, 6.07) is 0. The molecule has 0 heterocycles. The van der Waals surface area contributed by atoms with Crippen molar-refractivity contribution in [2.24, 2.45) is 5.92 Å². The van der Waals surface area contributed by atoms with E-state index in [-0.39, 0.29) is 8.96 Å². The maximum absolute atomic E-state index is 3.45. The Kier molecular flexibility index (Phi) is 4.19. The zero-order valence-corrected chi connectivity index (χ0v) is 7.28. The van der Waals surface area contributed by atoms with Crippen molar-refractivity contribution in [2.45, 2.75) is 26.9 Å². The molecule has 0 aromatic carbocycles. The van der Waals surface area contributed by atoms with Gasteiger partial charge < -0.3 is 4.98 Å². The summed E-state index contributed by atoms with van der Waals surface area (Å²) in [5.74, 6) is 0.801. The largest absolute Gasteiger partial charge is 0.338 e. The number of nitrogens with one attached hydrogen (secondary N) is 1. The third-order valence-electron chi connectivity index (χ3n) is 0.864. The molecule has 0 saturated heterocycles. The van der Waals surface area contributed by atoms with Crippen molar-refractivity contribution in [3.8, 4) is 0 Å².